The number of halogens is 1. The van der Waals surface area contributed by atoms with Gasteiger partial charge in [-0.25, -0.2) is 4.98 Å². The second kappa shape index (κ2) is 6.54. The van der Waals surface area contributed by atoms with Crippen LogP contribution in [0.2, 0.25) is 5.15 Å². The van der Waals surface area contributed by atoms with Crippen LogP contribution in [0.4, 0.5) is 5.69 Å². The normalized spacial score (nSPS) is 19.6. The molecule has 1 aliphatic carbocycles. The van der Waals surface area contributed by atoms with E-state index in [1.807, 2.05) is 37.3 Å². The molecule has 2 aromatic heterocycles. The molecule has 1 unspecified atom stereocenters. The summed E-state index contributed by atoms with van der Waals surface area (Å²) in [4.78, 5) is 23.5. The SMILES string of the molecule is Cc1ccc(-c2cccc3c(N)c4c(nc23)CN(C2CCC2)C4C=O)c(Cl)n1. The quantitative estimate of drug-likeness (QED) is 0.526. The van der Waals surface area contributed by atoms with E-state index in [9.17, 15) is 4.79 Å². The summed E-state index contributed by atoms with van der Waals surface area (Å²) in [6.45, 7) is 2.58. The first kappa shape index (κ1) is 17.6. The summed E-state index contributed by atoms with van der Waals surface area (Å²) in [7, 11) is 0. The average Bonchev–Trinajstić information content (AvgIpc) is 2.98. The van der Waals surface area contributed by atoms with Gasteiger partial charge in [-0.2, -0.15) is 0 Å². The Kier molecular flexibility index (Phi) is 4.11. The van der Waals surface area contributed by atoms with Crippen molar-refractivity contribution < 1.29 is 4.79 Å². The van der Waals surface area contributed by atoms with Gasteiger partial charge in [-0.3, -0.25) is 9.88 Å². The van der Waals surface area contributed by atoms with Crippen molar-refractivity contribution in [3.63, 3.8) is 0 Å². The van der Waals surface area contributed by atoms with Crippen molar-refractivity contribution in [1.29, 1.82) is 0 Å². The Labute approximate surface area is 168 Å². The molecule has 3 heterocycles. The van der Waals surface area contributed by atoms with Crippen molar-refractivity contribution in [3.05, 3.63) is 52.4 Å². The van der Waals surface area contributed by atoms with Gasteiger partial charge in [0, 0.05) is 46.0 Å². The molecule has 0 spiro atoms. The number of fused-ring (bicyclic) bond motifs is 2. The van der Waals surface area contributed by atoms with Crippen molar-refractivity contribution in [3.8, 4) is 11.1 Å². The molecule has 0 bridgehead atoms. The molecule has 1 aliphatic heterocycles. The van der Waals surface area contributed by atoms with Gasteiger partial charge in [0.2, 0.25) is 0 Å². The van der Waals surface area contributed by atoms with E-state index in [-0.39, 0.29) is 6.04 Å². The third-order valence-electron chi connectivity index (χ3n) is 6.11. The number of benzene rings is 1. The number of nitrogens with two attached hydrogens (primary N) is 1. The van der Waals surface area contributed by atoms with E-state index in [1.54, 1.807) is 0 Å². The second-order valence-electron chi connectivity index (χ2n) is 7.72. The van der Waals surface area contributed by atoms with E-state index in [0.29, 0.717) is 23.4 Å². The van der Waals surface area contributed by atoms with Gasteiger partial charge in [0.1, 0.15) is 11.4 Å². The van der Waals surface area contributed by atoms with Crippen LogP contribution in [0.3, 0.4) is 0 Å². The number of pyridine rings is 2. The van der Waals surface area contributed by atoms with E-state index >= 15 is 0 Å². The van der Waals surface area contributed by atoms with Gasteiger partial charge in [-0.05, 0) is 31.9 Å². The van der Waals surface area contributed by atoms with Crippen molar-refractivity contribution in [1.82, 2.24) is 14.9 Å². The first-order chi connectivity index (χ1) is 13.6. The molecule has 0 amide bonds. The van der Waals surface area contributed by atoms with E-state index in [0.717, 1.165) is 58.1 Å². The average molecular weight is 393 g/mol. The fraction of sp³-hybridized carbons (Fsp3) is 0.318. The molecule has 5 rings (SSSR count). The Morgan fingerprint density at radius 3 is 2.68 bits per heavy atom. The monoisotopic (exact) mass is 392 g/mol. The maximum Gasteiger partial charge on any atom is 0.141 e. The number of anilines is 1. The Morgan fingerprint density at radius 2 is 2.00 bits per heavy atom. The van der Waals surface area contributed by atoms with Gasteiger partial charge in [0.25, 0.3) is 0 Å². The number of rotatable bonds is 3. The molecule has 3 aromatic rings. The van der Waals surface area contributed by atoms with E-state index in [4.69, 9.17) is 22.3 Å². The van der Waals surface area contributed by atoms with Crippen LogP contribution in [0.1, 0.15) is 42.3 Å². The Balaban J connectivity index is 1.71. The summed E-state index contributed by atoms with van der Waals surface area (Å²) >= 11 is 6.43. The van der Waals surface area contributed by atoms with Gasteiger partial charge >= 0.3 is 0 Å². The lowest BCUT2D eigenvalue weighted by atomic mass is 9.90. The molecule has 0 saturated heterocycles. The summed E-state index contributed by atoms with van der Waals surface area (Å²) in [6, 6.07) is 9.97. The van der Waals surface area contributed by atoms with Crippen molar-refractivity contribution >= 4 is 34.5 Å². The van der Waals surface area contributed by atoms with Crippen molar-refractivity contribution in [2.75, 3.05) is 5.73 Å². The topological polar surface area (TPSA) is 72.1 Å². The highest BCUT2D eigenvalue weighted by molar-refractivity contribution is 6.32. The number of carbonyl (C=O) groups excluding carboxylic acids is 1. The molecule has 1 aromatic carbocycles. The number of nitrogens with zero attached hydrogens (tertiary/aromatic N) is 3. The summed E-state index contributed by atoms with van der Waals surface area (Å²) in [5.74, 6) is 0. The van der Waals surface area contributed by atoms with Gasteiger partial charge in [0.15, 0.2) is 0 Å². The van der Waals surface area contributed by atoms with Gasteiger partial charge in [0.05, 0.1) is 17.3 Å². The van der Waals surface area contributed by atoms with Crippen molar-refractivity contribution in [2.45, 2.75) is 44.8 Å². The lowest BCUT2D eigenvalue weighted by Gasteiger charge is -2.36. The third kappa shape index (κ3) is 2.54. The Bertz CT molecular complexity index is 1110. The molecular weight excluding hydrogens is 372 g/mol. The zero-order valence-electron chi connectivity index (χ0n) is 15.7. The number of hydrogen-bond acceptors (Lipinski definition) is 5. The van der Waals surface area contributed by atoms with Crippen LogP contribution >= 0.6 is 11.6 Å². The van der Waals surface area contributed by atoms with E-state index in [1.165, 1.54) is 6.42 Å². The number of hydrogen-bond donors (Lipinski definition) is 1. The fourth-order valence-corrected chi connectivity index (χ4v) is 4.73. The highest BCUT2D eigenvalue weighted by atomic mass is 35.5. The third-order valence-corrected chi connectivity index (χ3v) is 6.40. The number of carbonyl (C=O) groups is 1. The summed E-state index contributed by atoms with van der Waals surface area (Å²) < 4.78 is 0. The molecule has 2 N–H and O–H groups in total. The summed E-state index contributed by atoms with van der Waals surface area (Å²) in [5, 5.41) is 1.31. The smallest absolute Gasteiger partial charge is 0.141 e. The van der Waals surface area contributed by atoms with Crippen LogP contribution in [-0.4, -0.2) is 27.2 Å². The molecular formula is C22H21ClN4O. The highest BCUT2D eigenvalue weighted by Gasteiger charge is 2.39. The predicted molar refractivity (Wildman–Crippen MR) is 111 cm³/mol. The van der Waals surface area contributed by atoms with E-state index in [2.05, 4.69) is 9.88 Å². The molecule has 1 saturated carbocycles. The largest absolute Gasteiger partial charge is 0.398 e. The fourth-order valence-electron chi connectivity index (χ4n) is 4.43. The van der Waals surface area contributed by atoms with Crippen LogP contribution < -0.4 is 5.73 Å². The molecule has 0 radical (unpaired) electrons. The summed E-state index contributed by atoms with van der Waals surface area (Å²) in [5.41, 5.74) is 12.4. The van der Waals surface area contributed by atoms with Crippen LogP contribution in [0.5, 0.6) is 0 Å². The minimum absolute atomic E-state index is 0.300. The molecule has 5 nitrogen and oxygen atoms in total. The standard InChI is InChI=1S/C22H21ClN4O/c1-12-8-9-15(22(23)25-12)14-6-3-7-16-20(24)19-17(26-21(14)16)10-27(18(19)11-28)13-4-2-5-13/h3,6-9,11,13,18H,2,4-5,10H2,1H3,(H2,24,26). The number of nitrogen functional groups attached to an aromatic ring is 1. The second-order valence-corrected chi connectivity index (χ2v) is 8.07. The predicted octanol–water partition coefficient (Wildman–Crippen LogP) is 4.45. The van der Waals surface area contributed by atoms with Crippen LogP contribution in [0.15, 0.2) is 30.3 Å². The molecule has 28 heavy (non-hydrogen) atoms. The van der Waals surface area contributed by atoms with Gasteiger partial charge in [-0.15, -0.1) is 0 Å². The lowest BCUT2D eigenvalue weighted by molar-refractivity contribution is -0.113. The Hall–Kier alpha value is -2.50. The Morgan fingerprint density at radius 1 is 1.18 bits per heavy atom. The zero-order chi connectivity index (χ0) is 19.4. The molecule has 142 valence electrons. The number of para-hydroxylation sites is 1. The number of aldehydes is 1. The minimum atomic E-state index is -0.300. The first-order valence-electron chi connectivity index (χ1n) is 9.64. The lowest BCUT2D eigenvalue weighted by Crippen LogP contribution is -2.39. The van der Waals surface area contributed by atoms with Gasteiger partial charge in [-0.1, -0.05) is 36.2 Å². The van der Waals surface area contributed by atoms with Crippen molar-refractivity contribution in [2.24, 2.45) is 0 Å². The molecule has 6 heteroatoms. The van der Waals surface area contributed by atoms with Crippen LogP contribution in [0.25, 0.3) is 22.0 Å². The number of aromatic nitrogens is 2. The van der Waals surface area contributed by atoms with Gasteiger partial charge < -0.3 is 10.5 Å². The highest BCUT2D eigenvalue weighted by Crippen LogP contribution is 2.44. The molecule has 1 atom stereocenters. The zero-order valence-corrected chi connectivity index (χ0v) is 16.4. The van der Waals surface area contributed by atoms with Crippen LogP contribution in [-0.2, 0) is 11.3 Å². The molecule has 2 aliphatic rings. The van der Waals surface area contributed by atoms with Crippen LogP contribution in [0, 0.1) is 6.92 Å². The summed E-state index contributed by atoms with van der Waals surface area (Å²) in [6.07, 6.45) is 4.50. The molecule has 1 fully saturated rings. The number of aryl methyl sites for hydroxylation is 1. The minimum Gasteiger partial charge on any atom is -0.398 e. The maximum absolute atomic E-state index is 11.9. The maximum atomic E-state index is 11.9. The first-order valence-corrected chi connectivity index (χ1v) is 10.0. The van der Waals surface area contributed by atoms with E-state index < -0.39 is 0 Å².